The van der Waals surface area contributed by atoms with Crippen molar-refractivity contribution in [3.05, 3.63) is 24.3 Å². The Morgan fingerprint density at radius 1 is 0.957 bits per heavy atom. The van der Waals surface area contributed by atoms with Crippen LogP contribution in [0.5, 0.6) is 11.5 Å². The first kappa shape index (κ1) is 20.9. The second-order valence-electron chi connectivity index (χ2n) is 6.28. The third-order valence-corrected chi connectivity index (χ3v) is 4.25. The Labute approximate surface area is 165 Å². The number of hydrogen-bond acceptors (Lipinski definition) is 3. The molecule has 0 aromatic heterocycles. The zero-order valence-electron chi connectivity index (χ0n) is 14.6. The Morgan fingerprint density at radius 3 is 2.00 bits per heavy atom. The minimum absolute atomic E-state index is 0. The molecule has 1 saturated heterocycles. The van der Waals surface area contributed by atoms with Gasteiger partial charge in [0.2, 0.25) is 0 Å². The first-order chi connectivity index (χ1) is 10.7. The fourth-order valence-electron chi connectivity index (χ4n) is 2.61. The Balaban J connectivity index is 0.00000264. The van der Waals surface area contributed by atoms with Gasteiger partial charge in [-0.15, -0.1) is 0 Å². The van der Waals surface area contributed by atoms with E-state index in [0.29, 0.717) is 0 Å². The molecule has 1 aromatic rings. The van der Waals surface area contributed by atoms with E-state index in [-0.39, 0.29) is 32.7 Å². The molecular weight excluding hydrogens is 367 g/mol. The molecule has 0 atom stereocenters. The van der Waals surface area contributed by atoms with Crippen LogP contribution < -0.4 is 9.47 Å². The van der Waals surface area contributed by atoms with E-state index in [2.05, 4.69) is 14.0 Å². The number of rotatable bonds is 9. The number of benzene rings is 1. The number of morpholine rings is 1. The molecule has 1 aliphatic rings. The molecule has 0 saturated carbocycles. The summed E-state index contributed by atoms with van der Waals surface area (Å²) in [6.07, 6.45) is 3.33. The van der Waals surface area contributed by atoms with Gasteiger partial charge in [0.15, 0.2) is 0 Å². The van der Waals surface area contributed by atoms with Gasteiger partial charge in [-0.3, -0.25) is 0 Å². The summed E-state index contributed by atoms with van der Waals surface area (Å²) >= 11 is 0. The second kappa shape index (κ2) is 11.4. The number of nitrogens with zero attached hydrogens (tertiary/aromatic N) is 1. The summed E-state index contributed by atoms with van der Waals surface area (Å²) in [5.74, 6) is 1.85. The maximum Gasteiger partial charge on any atom is 0.119 e. The van der Waals surface area contributed by atoms with Gasteiger partial charge in [-0.1, -0.05) is 13.3 Å². The molecule has 23 heavy (non-hydrogen) atoms. The van der Waals surface area contributed by atoms with Crippen molar-refractivity contribution in [1.29, 1.82) is 0 Å². The summed E-state index contributed by atoms with van der Waals surface area (Å²) < 4.78 is 18.0. The van der Waals surface area contributed by atoms with Crippen molar-refractivity contribution >= 4 is 0 Å². The Hall–Kier alpha value is -0.156. The van der Waals surface area contributed by atoms with Gasteiger partial charge in [0.05, 0.1) is 40.0 Å². The molecule has 0 N–H and O–H groups in total. The van der Waals surface area contributed by atoms with E-state index in [1.54, 1.807) is 0 Å². The van der Waals surface area contributed by atoms with Gasteiger partial charge in [-0.25, -0.2) is 0 Å². The predicted molar refractivity (Wildman–Crippen MR) is 88.6 cm³/mol. The zero-order chi connectivity index (χ0) is 15.7. The van der Waals surface area contributed by atoms with E-state index in [9.17, 15) is 0 Å². The molecule has 2 rings (SSSR count). The van der Waals surface area contributed by atoms with Crippen LogP contribution in [-0.4, -0.2) is 57.6 Å². The number of quaternary nitrogens is 1. The van der Waals surface area contributed by atoms with Crippen molar-refractivity contribution in [2.45, 2.75) is 26.2 Å². The van der Waals surface area contributed by atoms with Crippen LogP contribution in [-0.2, 0) is 37.4 Å². The average molecular weight is 397 g/mol. The van der Waals surface area contributed by atoms with Crippen molar-refractivity contribution < 1.29 is 51.4 Å². The van der Waals surface area contributed by atoms with Crippen molar-refractivity contribution in [2.24, 2.45) is 0 Å². The van der Waals surface area contributed by atoms with E-state index < -0.39 is 0 Å². The molecule has 1 aliphatic heterocycles. The topological polar surface area (TPSA) is 27.7 Å². The molecule has 1 fully saturated rings. The van der Waals surface area contributed by atoms with Gasteiger partial charge < -0.3 is 18.7 Å². The summed E-state index contributed by atoms with van der Waals surface area (Å²) in [5, 5.41) is 0. The van der Waals surface area contributed by atoms with Crippen molar-refractivity contribution in [2.75, 3.05) is 53.1 Å². The standard InChI is InChI=1S/C18H30NO3.Y/c1-3-4-13-21-17-6-8-18(9-7-17)22-14-5-10-19(2)11-15-20-16-12-19;/h6-9H,3-5,10-16H2,1-2H3;/q+1;. The third-order valence-electron chi connectivity index (χ3n) is 4.25. The van der Waals surface area contributed by atoms with Crippen LogP contribution in [0, 0.1) is 0 Å². The molecule has 0 amide bonds. The molecule has 0 unspecified atom stereocenters. The van der Waals surface area contributed by atoms with Gasteiger partial charge in [0.25, 0.3) is 0 Å². The van der Waals surface area contributed by atoms with Gasteiger partial charge in [-0.05, 0) is 30.7 Å². The largest absolute Gasteiger partial charge is 0.494 e. The molecule has 0 bridgehead atoms. The average Bonchev–Trinajstić information content (AvgIpc) is 2.54. The van der Waals surface area contributed by atoms with Crippen LogP contribution in [0.25, 0.3) is 0 Å². The van der Waals surface area contributed by atoms with Crippen molar-refractivity contribution in [3.8, 4) is 11.5 Å². The van der Waals surface area contributed by atoms with Crippen LogP contribution in [0.4, 0.5) is 0 Å². The molecule has 0 spiro atoms. The number of ether oxygens (including phenoxy) is 3. The van der Waals surface area contributed by atoms with Crippen molar-refractivity contribution in [3.63, 3.8) is 0 Å². The predicted octanol–water partition coefficient (Wildman–Crippen LogP) is 3.11. The molecule has 0 aliphatic carbocycles. The van der Waals surface area contributed by atoms with Crippen molar-refractivity contribution in [1.82, 2.24) is 0 Å². The number of unbranched alkanes of at least 4 members (excludes halogenated alkanes) is 1. The second-order valence-corrected chi connectivity index (χ2v) is 6.28. The molecule has 1 radical (unpaired) electrons. The molecule has 127 valence electrons. The summed E-state index contributed by atoms with van der Waals surface area (Å²) in [4.78, 5) is 0. The molecule has 4 nitrogen and oxygen atoms in total. The minimum atomic E-state index is 0. The number of likely N-dealkylation sites (N-methyl/N-ethyl adjacent to an activating group) is 1. The molecular formula is C18H30NO3Y+. The smallest absolute Gasteiger partial charge is 0.119 e. The normalized spacial score (nSPS) is 16.4. The van der Waals surface area contributed by atoms with Crippen LogP contribution in [0.1, 0.15) is 26.2 Å². The first-order valence-electron chi connectivity index (χ1n) is 8.49. The van der Waals surface area contributed by atoms with Crippen LogP contribution in [0.2, 0.25) is 0 Å². The van der Waals surface area contributed by atoms with Crippen LogP contribution in [0.3, 0.4) is 0 Å². The summed E-state index contributed by atoms with van der Waals surface area (Å²) in [6.45, 7) is 8.88. The first-order valence-corrected chi connectivity index (χ1v) is 8.49. The van der Waals surface area contributed by atoms with Crippen LogP contribution in [0.15, 0.2) is 24.3 Å². The van der Waals surface area contributed by atoms with Gasteiger partial charge in [0, 0.05) is 39.1 Å². The summed E-state index contributed by atoms with van der Waals surface area (Å²) in [6, 6.07) is 7.96. The maximum absolute atomic E-state index is 5.83. The monoisotopic (exact) mass is 397 g/mol. The van der Waals surface area contributed by atoms with Gasteiger partial charge >= 0.3 is 0 Å². The summed E-state index contributed by atoms with van der Waals surface area (Å²) in [7, 11) is 2.31. The fraction of sp³-hybridized carbons (Fsp3) is 0.667. The molecule has 1 heterocycles. The maximum atomic E-state index is 5.83. The Morgan fingerprint density at radius 2 is 1.48 bits per heavy atom. The van der Waals surface area contributed by atoms with Gasteiger partial charge in [0.1, 0.15) is 24.6 Å². The minimum Gasteiger partial charge on any atom is -0.494 e. The third kappa shape index (κ3) is 7.97. The SMILES string of the molecule is CCCCOc1ccc(OCCC[N+]2(C)CCOCC2)cc1.[Y]. The van der Waals surface area contributed by atoms with E-state index in [1.807, 2.05) is 24.3 Å². The van der Waals surface area contributed by atoms with E-state index in [1.165, 1.54) is 0 Å². The fourth-order valence-corrected chi connectivity index (χ4v) is 2.61. The van der Waals surface area contributed by atoms with E-state index in [0.717, 1.165) is 81.3 Å². The van der Waals surface area contributed by atoms with Gasteiger partial charge in [-0.2, -0.15) is 0 Å². The Kier molecular flexibility index (Phi) is 10.4. The van der Waals surface area contributed by atoms with Crippen LogP contribution >= 0.6 is 0 Å². The molecule has 5 heteroatoms. The van der Waals surface area contributed by atoms with E-state index >= 15 is 0 Å². The summed E-state index contributed by atoms with van der Waals surface area (Å²) in [5.41, 5.74) is 0. The molecule has 1 aromatic carbocycles. The van der Waals surface area contributed by atoms with E-state index in [4.69, 9.17) is 14.2 Å². The number of hydrogen-bond donors (Lipinski definition) is 0. The Bertz CT molecular complexity index is 419. The zero-order valence-corrected chi connectivity index (χ0v) is 17.5. The quantitative estimate of drug-likeness (QED) is 0.474.